The third-order valence-electron chi connectivity index (χ3n) is 2.73. The summed E-state index contributed by atoms with van der Waals surface area (Å²) in [5.41, 5.74) is 5.83. The standard InChI is InChI=1S/C13H24N4O/c1-4-6-12-15-11(14)9-13(16-12)17(10(2)3)7-5-8-18/h9-10,18H,4-8H2,1-3H3,(H2,14,15,16). The first kappa shape index (κ1) is 14.7. The third-order valence-corrected chi connectivity index (χ3v) is 2.73. The monoisotopic (exact) mass is 252 g/mol. The highest BCUT2D eigenvalue weighted by molar-refractivity contribution is 5.47. The molecule has 0 unspecified atom stereocenters. The lowest BCUT2D eigenvalue weighted by atomic mass is 10.2. The van der Waals surface area contributed by atoms with Crippen LogP contribution < -0.4 is 10.6 Å². The Balaban J connectivity index is 2.95. The highest BCUT2D eigenvalue weighted by Crippen LogP contribution is 2.17. The van der Waals surface area contributed by atoms with E-state index in [0.29, 0.717) is 11.9 Å². The number of rotatable bonds is 7. The van der Waals surface area contributed by atoms with Crippen LogP contribution in [0.3, 0.4) is 0 Å². The molecule has 0 aromatic carbocycles. The molecule has 1 rings (SSSR count). The average Bonchev–Trinajstić information content (AvgIpc) is 2.28. The van der Waals surface area contributed by atoms with E-state index >= 15 is 0 Å². The summed E-state index contributed by atoms with van der Waals surface area (Å²) in [6.07, 6.45) is 2.57. The number of aliphatic hydroxyl groups is 1. The van der Waals surface area contributed by atoms with Crippen LogP contribution in [0.15, 0.2) is 6.07 Å². The quantitative estimate of drug-likeness (QED) is 0.771. The minimum atomic E-state index is 0.186. The molecule has 0 radical (unpaired) electrons. The smallest absolute Gasteiger partial charge is 0.134 e. The van der Waals surface area contributed by atoms with Gasteiger partial charge in [-0.1, -0.05) is 6.92 Å². The Morgan fingerprint density at radius 1 is 1.39 bits per heavy atom. The Kier molecular flexibility index (Phi) is 5.85. The van der Waals surface area contributed by atoms with Crippen molar-refractivity contribution in [3.05, 3.63) is 11.9 Å². The third kappa shape index (κ3) is 4.14. The Bertz CT molecular complexity index is 368. The molecule has 102 valence electrons. The predicted octanol–water partition coefficient (Wildman–Crippen LogP) is 1.61. The number of nitrogens with two attached hydrogens (primary N) is 1. The van der Waals surface area contributed by atoms with Crippen LogP contribution in [0.4, 0.5) is 11.6 Å². The zero-order chi connectivity index (χ0) is 13.5. The first-order valence-corrected chi connectivity index (χ1v) is 6.59. The highest BCUT2D eigenvalue weighted by Gasteiger charge is 2.13. The molecule has 5 heteroatoms. The van der Waals surface area contributed by atoms with E-state index in [0.717, 1.165) is 37.4 Å². The number of nitrogen functional groups attached to an aromatic ring is 1. The minimum absolute atomic E-state index is 0.186. The summed E-state index contributed by atoms with van der Waals surface area (Å²) >= 11 is 0. The van der Waals surface area contributed by atoms with E-state index in [1.165, 1.54) is 0 Å². The van der Waals surface area contributed by atoms with Gasteiger partial charge >= 0.3 is 0 Å². The molecule has 1 aromatic rings. The molecule has 0 aliphatic rings. The molecule has 0 aliphatic carbocycles. The van der Waals surface area contributed by atoms with Crippen LogP contribution in [0, 0.1) is 0 Å². The van der Waals surface area contributed by atoms with Gasteiger partial charge in [0.2, 0.25) is 0 Å². The molecule has 0 amide bonds. The number of hydrogen-bond donors (Lipinski definition) is 2. The maximum atomic E-state index is 8.95. The number of nitrogens with zero attached hydrogens (tertiary/aromatic N) is 3. The maximum absolute atomic E-state index is 8.95. The summed E-state index contributed by atoms with van der Waals surface area (Å²) in [7, 11) is 0. The molecule has 1 aromatic heterocycles. The molecule has 0 saturated heterocycles. The zero-order valence-corrected chi connectivity index (χ0v) is 11.6. The topological polar surface area (TPSA) is 75.3 Å². The summed E-state index contributed by atoms with van der Waals surface area (Å²) in [6.45, 7) is 7.27. The lowest BCUT2D eigenvalue weighted by Gasteiger charge is -2.28. The number of aliphatic hydroxyl groups excluding tert-OH is 1. The van der Waals surface area contributed by atoms with Crippen molar-refractivity contribution in [2.24, 2.45) is 0 Å². The van der Waals surface area contributed by atoms with Crippen molar-refractivity contribution in [2.45, 2.75) is 46.1 Å². The second-order valence-electron chi connectivity index (χ2n) is 4.68. The van der Waals surface area contributed by atoms with Crippen LogP contribution >= 0.6 is 0 Å². The van der Waals surface area contributed by atoms with Gasteiger partial charge in [-0.15, -0.1) is 0 Å². The maximum Gasteiger partial charge on any atom is 0.134 e. The van der Waals surface area contributed by atoms with E-state index in [1.54, 1.807) is 6.07 Å². The van der Waals surface area contributed by atoms with Gasteiger partial charge < -0.3 is 15.7 Å². The molecule has 0 atom stereocenters. The van der Waals surface area contributed by atoms with Gasteiger partial charge in [0.15, 0.2) is 0 Å². The SMILES string of the molecule is CCCc1nc(N)cc(N(CCCO)C(C)C)n1. The Hall–Kier alpha value is -1.36. The van der Waals surface area contributed by atoms with Crippen LogP contribution in [0.25, 0.3) is 0 Å². The van der Waals surface area contributed by atoms with Crippen LogP contribution in [0.1, 0.15) is 39.4 Å². The second kappa shape index (κ2) is 7.16. The van der Waals surface area contributed by atoms with Gasteiger partial charge in [-0.05, 0) is 26.7 Å². The highest BCUT2D eigenvalue weighted by atomic mass is 16.3. The van der Waals surface area contributed by atoms with E-state index in [4.69, 9.17) is 10.8 Å². The van der Waals surface area contributed by atoms with Gasteiger partial charge in [0.1, 0.15) is 17.5 Å². The Labute approximate surface area is 109 Å². The summed E-state index contributed by atoms with van der Waals surface area (Å²) < 4.78 is 0. The first-order chi connectivity index (χ1) is 8.58. The second-order valence-corrected chi connectivity index (χ2v) is 4.68. The van der Waals surface area contributed by atoms with Crippen molar-refractivity contribution in [1.29, 1.82) is 0 Å². The van der Waals surface area contributed by atoms with Gasteiger partial charge in [-0.2, -0.15) is 0 Å². The molecule has 0 aliphatic heterocycles. The van der Waals surface area contributed by atoms with Crippen molar-refractivity contribution >= 4 is 11.6 Å². The van der Waals surface area contributed by atoms with Crippen molar-refractivity contribution in [2.75, 3.05) is 23.8 Å². The zero-order valence-electron chi connectivity index (χ0n) is 11.6. The predicted molar refractivity (Wildman–Crippen MR) is 74.6 cm³/mol. The summed E-state index contributed by atoms with van der Waals surface area (Å²) in [5.74, 6) is 2.16. The van der Waals surface area contributed by atoms with E-state index in [-0.39, 0.29) is 6.61 Å². The van der Waals surface area contributed by atoms with Crippen molar-refractivity contribution in [3.63, 3.8) is 0 Å². The van der Waals surface area contributed by atoms with E-state index in [2.05, 4.69) is 35.6 Å². The van der Waals surface area contributed by atoms with E-state index in [1.807, 2.05) is 0 Å². The molecule has 3 N–H and O–H groups in total. The molecular formula is C13H24N4O. The molecule has 5 nitrogen and oxygen atoms in total. The van der Waals surface area contributed by atoms with Crippen LogP contribution in [-0.2, 0) is 6.42 Å². The molecule has 0 saturated carbocycles. The van der Waals surface area contributed by atoms with Gasteiger partial charge in [0, 0.05) is 31.7 Å². The molecule has 0 spiro atoms. The van der Waals surface area contributed by atoms with Crippen LogP contribution in [-0.4, -0.2) is 34.3 Å². The summed E-state index contributed by atoms with van der Waals surface area (Å²) in [4.78, 5) is 10.9. The van der Waals surface area contributed by atoms with Gasteiger partial charge in [-0.3, -0.25) is 0 Å². The Morgan fingerprint density at radius 2 is 2.11 bits per heavy atom. The largest absolute Gasteiger partial charge is 0.396 e. The number of aromatic nitrogens is 2. The molecule has 0 bridgehead atoms. The molecular weight excluding hydrogens is 228 g/mol. The van der Waals surface area contributed by atoms with Crippen LogP contribution in [0.5, 0.6) is 0 Å². The van der Waals surface area contributed by atoms with Crippen molar-refractivity contribution in [3.8, 4) is 0 Å². The fraction of sp³-hybridized carbons (Fsp3) is 0.692. The van der Waals surface area contributed by atoms with Gasteiger partial charge in [-0.25, -0.2) is 9.97 Å². The summed E-state index contributed by atoms with van der Waals surface area (Å²) in [6, 6.07) is 2.12. The minimum Gasteiger partial charge on any atom is -0.396 e. The Morgan fingerprint density at radius 3 is 2.67 bits per heavy atom. The average molecular weight is 252 g/mol. The van der Waals surface area contributed by atoms with Gasteiger partial charge in [0.25, 0.3) is 0 Å². The normalized spacial score (nSPS) is 10.9. The number of aryl methyl sites for hydroxylation is 1. The first-order valence-electron chi connectivity index (χ1n) is 6.59. The van der Waals surface area contributed by atoms with Crippen molar-refractivity contribution in [1.82, 2.24) is 9.97 Å². The lowest BCUT2D eigenvalue weighted by Crippen LogP contribution is -2.33. The van der Waals surface area contributed by atoms with Crippen molar-refractivity contribution < 1.29 is 5.11 Å². The molecule has 1 heterocycles. The number of anilines is 2. The van der Waals surface area contributed by atoms with E-state index < -0.39 is 0 Å². The molecule has 0 fully saturated rings. The molecule has 18 heavy (non-hydrogen) atoms. The van der Waals surface area contributed by atoms with E-state index in [9.17, 15) is 0 Å². The summed E-state index contributed by atoms with van der Waals surface area (Å²) in [5, 5.41) is 8.95. The fourth-order valence-corrected chi connectivity index (χ4v) is 1.86. The fourth-order valence-electron chi connectivity index (χ4n) is 1.86. The lowest BCUT2D eigenvalue weighted by molar-refractivity contribution is 0.288. The number of hydrogen-bond acceptors (Lipinski definition) is 5. The van der Waals surface area contributed by atoms with Crippen LogP contribution in [0.2, 0.25) is 0 Å². The van der Waals surface area contributed by atoms with Gasteiger partial charge in [0.05, 0.1) is 0 Å².